The quantitative estimate of drug-likeness (QED) is 0.405. The molecule has 7 heteroatoms. The molecule has 0 spiro atoms. The highest BCUT2D eigenvalue weighted by Crippen LogP contribution is 2.32. The molecule has 1 saturated heterocycles. The molecule has 96 valence electrons. The summed E-state index contributed by atoms with van der Waals surface area (Å²) in [5.74, 6) is -1.89. The average molecular weight is 243 g/mol. The van der Waals surface area contributed by atoms with Crippen LogP contribution in [0, 0.1) is 5.41 Å². The Hall–Kier alpha value is -1.08. The number of carboxylic acid groups (broad SMARTS) is 1. The van der Waals surface area contributed by atoms with Crippen LogP contribution in [0.4, 0.5) is 0 Å². The van der Waals surface area contributed by atoms with Gasteiger partial charge in [0.1, 0.15) is 0 Å². The molecule has 17 heavy (non-hydrogen) atoms. The zero-order chi connectivity index (χ0) is 13.1. The average Bonchev–Trinajstić information content (AvgIpc) is 2.29. The molecule has 1 heterocycles. The molecule has 0 aliphatic carbocycles. The maximum absolute atomic E-state index is 11.8. The summed E-state index contributed by atoms with van der Waals surface area (Å²) >= 11 is 0. The number of nitrogens with zero attached hydrogens (tertiary/aromatic N) is 1. The van der Waals surface area contributed by atoms with Gasteiger partial charge in [-0.15, -0.1) is 0 Å². The van der Waals surface area contributed by atoms with Crippen molar-refractivity contribution in [2.24, 2.45) is 5.41 Å². The van der Waals surface area contributed by atoms with Crippen molar-refractivity contribution < 1.29 is 24.5 Å². The fraction of sp³-hybridized carbons (Fsp3) is 0.800. The number of rotatable bonds is 4. The van der Waals surface area contributed by atoms with E-state index in [1.165, 1.54) is 0 Å². The van der Waals surface area contributed by atoms with Crippen molar-refractivity contribution in [1.82, 2.24) is 4.81 Å². The van der Waals surface area contributed by atoms with Gasteiger partial charge in [0.05, 0.1) is 6.61 Å². The minimum atomic E-state index is -1.54. The number of hydrogen-bond acceptors (Lipinski definition) is 5. The number of hydrogen-bond donors (Lipinski definition) is 2. The van der Waals surface area contributed by atoms with Crippen molar-refractivity contribution in [2.75, 3.05) is 19.7 Å². The summed E-state index contributed by atoms with van der Waals surface area (Å²) in [7, 11) is -0.761. The Labute approximate surface area is 101 Å². The van der Waals surface area contributed by atoms with Crippen LogP contribution in [0.3, 0.4) is 0 Å². The number of esters is 1. The van der Waals surface area contributed by atoms with Gasteiger partial charge in [-0.25, -0.2) is 0 Å². The van der Waals surface area contributed by atoms with Crippen molar-refractivity contribution in [3.8, 4) is 0 Å². The highest BCUT2D eigenvalue weighted by molar-refractivity contribution is 6.45. The summed E-state index contributed by atoms with van der Waals surface area (Å²) in [6, 6.07) is 0. The molecule has 0 aromatic carbocycles. The lowest BCUT2D eigenvalue weighted by atomic mass is 9.73. The van der Waals surface area contributed by atoms with Crippen LogP contribution < -0.4 is 0 Å². The van der Waals surface area contributed by atoms with Crippen LogP contribution in [0.5, 0.6) is 0 Å². The topological polar surface area (TPSA) is 87.1 Å². The summed E-state index contributed by atoms with van der Waals surface area (Å²) in [6.07, 6.45) is 0.806. The number of carboxylic acids is 1. The van der Waals surface area contributed by atoms with Gasteiger partial charge in [0.15, 0.2) is 5.41 Å². The van der Waals surface area contributed by atoms with E-state index in [9.17, 15) is 19.7 Å². The van der Waals surface area contributed by atoms with E-state index in [-0.39, 0.29) is 19.6 Å². The molecule has 0 saturated carbocycles. The Kier molecular flexibility index (Phi) is 4.53. The van der Waals surface area contributed by atoms with E-state index in [0.29, 0.717) is 13.0 Å². The molecule has 1 rings (SSSR count). The number of carbonyl (C=O) groups is 2. The first-order valence-corrected chi connectivity index (χ1v) is 5.77. The highest BCUT2D eigenvalue weighted by atomic mass is 16.5. The molecule has 0 amide bonds. The molecule has 0 radical (unpaired) electrons. The molecule has 1 atom stereocenters. The number of ether oxygens (including phenoxy) is 1. The van der Waals surface area contributed by atoms with Crippen molar-refractivity contribution in [3.05, 3.63) is 0 Å². The van der Waals surface area contributed by atoms with E-state index in [1.54, 1.807) is 18.6 Å². The summed E-state index contributed by atoms with van der Waals surface area (Å²) < 4.78 is 4.85. The molecule has 1 fully saturated rings. The van der Waals surface area contributed by atoms with Crippen molar-refractivity contribution in [1.29, 1.82) is 0 Å². The summed E-state index contributed by atoms with van der Waals surface area (Å²) in [4.78, 5) is 24.7. The molecular formula is C10H18BNO5. The SMILES string of the molecule is CCOC(=O)C1(C(=O)O)CCCN(B(C)O)C1. The van der Waals surface area contributed by atoms with Crippen LogP contribution in [0.2, 0.25) is 6.82 Å². The van der Waals surface area contributed by atoms with E-state index in [0.717, 1.165) is 0 Å². The Morgan fingerprint density at radius 2 is 2.18 bits per heavy atom. The fourth-order valence-corrected chi connectivity index (χ4v) is 2.11. The first kappa shape index (κ1) is 14.0. The van der Waals surface area contributed by atoms with Crippen LogP contribution in [0.25, 0.3) is 0 Å². The lowest BCUT2D eigenvalue weighted by Gasteiger charge is -2.38. The largest absolute Gasteiger partial charge is 0.480 e. The van der Waals surface area contributed by atoms with E-state index < -0.39 is 24.4 Å². The second-order valence-corrected chi connectivity index (χ2v) is 4.31. The van der Waals surface area contributed by atoms with Crippen molar-refractivity contribution in [3.63, 3.8) is 0 Å². The lowest BCUT2D eigenvalue weighted by Crippen LogP contribution is -2.56. The van der Waals surface area contributed by atoms with E-state index in [4.69, 9.17) is 4.74 Å². The van der Waals surface area contributed by atoms with E-state index in [1.807, 2.05) is 0 Å². The van der Waals surface area contributed by atoms with Gasteiger partial charge in [-0.2, -0.15) is 0 Å². The third-order valence-electron chi connectivity index (χ3n) is 3.13. The monoisotopic (exact) mass is 243 g/mol. The maximum Gasteiger partial charge on any atom is 0.376 e. The third-order valence-corrected chi connectivity index (χ3v) is 3.13. The standard InChI is InChI=1S/C10H18BNO5/c1-3-17-9(15)10(8(13)14)5-4-6-12(7-10)11(2)16/h16H,3-7H2,1-2H3,(H,13,14). The minimum absolute atomic E-state index is 0.00116. The zero-order valence-electron chi connectivity index (χ0n) is 10.2. The molecule has 6 nitrogen and oxygen atoms in total. The molecule has 1 aliphatic rings. The second kappa shape index (κ2) is 5.51. The molecule has 0 aromatic heterocycles. The molecule has 2 N–H and O–H groups in total. The number of aliphatic carboxylic acids is 1. The van der Waals surface area contributed by atoms with E-state index >= 15 is 0 Å². The number of carbonyl (C=O) groups excluding carboxylic acids is 1. The van der Waals surface area contributed by atoms with Crippen LogP contribution in [0.15, 0.2) is 0 Å². The summed E-state index contributed by atoms with van der Waals surface area (Å²) in [6.45, 7) is 3.94. The van der Waals surface area contributed by atoms with Gasteiger partial charge in [0.25, 0.3) is 0 Å². The number of piperidine rings is 1. The molecule has 0 bridgehead atoms. The normalized spacial score (nSPS) is 25.4. The van der Waals surface area contributed by atoms with Crippen LogP contribution in [-0.4, -0.2) is 53.6 Å². The maximum atomic E-state index is 11.8. The Morgan fingerprint density at radius 1 is 1.53 bits per heavy atom. The minimum Gasteiger partial charge on any atom is -0.480 e. The van der Waals surface area contributed by atoms with E-state index in [2.05, 4.69) is 0 Å². The Morgan fingerprint density at radius 3 is 2.65 bits per heavy atom. The smallest absolute Gasteiger partial charge is 0.376 e. The first-order valence-electron chi connectivity index (χ1n) is 5.77. The molecule has 1 aliphatic heterocycles. The van der Waals surface area contributed by atoms with Gasteiger partial charge in [-0.05, 0) is 33.1 Å². The molecule has 0 aromatic rings. The van der Waals surface area contributed by atoms with Crippen molar-refractivity contribution >= 4 is 19.0 Å². The summed E-state index contributed by atoms with van der Waals surface area (Å²) in [5, 5.41) is 18.8. The Bertz CT molecular complexity index is 309. The lowest BCUT2D eigenvalue weighted by molar-refractivity contribution is -0.171. The molecule has 1 unspecified atom stereocenters. The van der Waals surface area contributed by atoms with Crippen LogP contribution in [0.1, 0.15) is 19.8 Å². The van der Waals surface area contributed by atoms with Gasteiger partial charge < -0.3 is 19.7 Å². The van der Waals surface area contributed by atoms with Gasteiger partial charge in [-0.1, -0.05) is 0 Å². The molecular weight excluding hydrogens is 225 g/mol. The Balaban J connectivity index is 2.91. The van der Waals surface area contributed by atoms with Crippen LogP contribution >= 0.6 is 0 Å². The van der Waals surface area contributed by atoms with Gasteiger partial charge in [-0.3, -0.25) is 9.59 Å². The zero-order valence-corrected chi connectivity index (χ0v) is 10.2. The van der Waals surface area contributed by atoms with Gasteiger partial charge >= 0.3 is 19.0 Å². The predicted molar refractivity (Wildman–Crippen MR) is 61.3 cm³/mol. The first-order chi connectivity index (χ1) is 7.94. The summed E-state index contributed by atoms with van der Waals surface area (Å²) in [5.41, 5.74) is -1.54. The highest BCUT2D eigenvalue weighted by Gasteiger charge is 2.51. The van der Waals surface area contributed by atoms with Gasteiger partial charge in [0, 0.05) is 6.54 Å². The van der Waals surface area contributed by atoms with Gasteiger partial charge in [0.2, 0.25) is 0 Å². The third kappa shape index (κ3) is 2.78. The second-order valence-electron chi connectivity index (χ2n) is 4.31. The van der Waals surface area contributed by atoms with Crippen LogP contribution in [-0.2, 0) is 14.3 Å². The fourth-order valence-electron chi connectivity index (χ4n) is 2.11. The predicted octanol–water partition coefficient (Wildman–Crippen LogP) is -0.173. The van der Waals surface area contributed by atoms with Crippen molar-refractivity contribution in [2.45, 2.75) is 26.6 Å².